The molecular weight excluding hydrogens is 280 g/mol. The number of carbonyl (C=O) groups excluding carboxylic acids is 1. The van der Waals surface area contributed by atoms with E-state index in [0.717, 1.165) is 29.8 Å². The Kier molecular flexibility index (Phi) is 6.36. The minimum absolute atomic E-state index is 0.0170. The third-order valence-electron chi connectivity index (χ3n) is 3.49. The van der Waals surface area contributed by atoms with E-state index in [4.69, 9.17) is 4.74 Å². The highest BCUT2D eigenvalue weighted by Crippen LogP contribution is 2.15. The number of nitrogens with zero attached hydrogens (tertiary/aromatic N) is 2. The molecule has 0 atom stereocenters. The largest absolute Gasteiger partial charge is 0.383 e. The second-order valence-corrected chi connectivity index (χ2v) is 5.17. The van der Waals surface area contributed by atoms with Gasteiger partial charge in [-0.2, -0.15) is 0 Å². The Morgan fingerprint density at radius 1 is 1.32 bits per heavy atom. The highest BCUT2D eigenvalue weighted by Gasteiger charge is 2.06. The minimum atomic E-state index is 0.0170. The zero-order valence-corrected chi connectivity index (χ0v) is 13.3. The van der Waals surface area contributed by atoms with E-state index in [-0.39, 0.29) is 5.91 Å². The van der Waals surface area contributed by atoms with Gasteiger partial charge in [0.05, 0.1) is 24.2 Å². The van der Waals surface area contributed by atoms with Gasteiger partial charge in [-0.1, -0.05) is 12.1 Å². The van der Waals surface area contributed by atoms with Crippen LogP contribution in [0.15, 0.2) is 24.3 Å². The van der Waals surface area contributed by atoms with Crippen molar-refractivity contribution in [3.63, 3.8) is 0 Å². The number of amides is 1. The Labute approximate surface area is 130 Å². The van der Waals surface area contributed by atoms with E-state index in [2.05, 4.69) is 26.3 Å². The summed E-state index contributed by atoms with van der Waals surface area (Å²) in [7, 11) is 1.64. The first-order valence-electron chi connectivity index (χ1n) is 7.60. The van der Waals surface area contributed by atoms with Crippen LogP contribution in [0.5, 0.6) is 0 Å². The van der Waals surface area contributed by atoms with Crippen molar-refractivity contribution in [1.82, 2.24) is 20.2 Å². The number of hydrogen-bond acceptors (Lipinski definition) is 4. The lowest BCUT2D eigenvalue weighted by atomic mass is 10.3. The van der Waals surface area contributed by atoms with Crippen LogP contribution in [0.25, 0.3) is 11.0 Å². The highest BCUT2D eigenvalue weighted by molar-refractivity contribution is 5.78. The van der Waals surface area contributed by atoms with E-state index in [1.807, 2.05) is 25.1 Å². The first-order chi connectivity index (χ1) is 10.7. The van der Waals surface area contributed by atoms with Gasteiger partial charge in [0.25, 0.3) is 0 Å². The lowest BCUT2D eigenvalue weighted by Gasteiger charge is -2.09. The molecule has 6 heteroatoms. The second-order valence-electron chi connectivity index (χ2n) is 5.17. The molecular formula is C16H24N4O2. The van der Waals surface area contributed by atoms with E-state index >= 15 is 0 Å². The molecule has 1 aromatic heterocycles. The van der Waals surface area contributed by atoms with Crippen molar-refractivity contribution >= 4 is 16.9 Å². The van der Waals surface area contributed by atoms with Gasteiger partial charge in [-0.25, -0.2) is 4.98 Å². The molecule has 0 aliphatic rings. The van der Waals surface area contributed by atoms with Crippen molar-refractivity contribution < 1.29 is 9.53 Å². The third kappa shape index (κ3) is 4.54. The number of rotatable bonds is 9. The average molecular weight is 304 g/mol. The van der Waals surface area contributed by atoms with Crippen LogP contribution >= 0.6 is 0 Å². The minimum Gasteiger partial charge on any atom is -0.383 e. The fraction of sp³-hybridized carbons (Fsp3) is 0.500. The quantitative estimate of drug-likeness (QED) is 0.681. The van der Waals surface area contributed by atoms with E-state index in [1.165, 1.54) is 0 Å². The molecule has 0 unspecified atom stereocenters. The SMILES string of the molecule is COCCNCC(=O)NCCCn1c(C)nc2ccccc21. The van der Waals surface area contributed by atoms with Crippen molar-refractivity contribution in [2.24, 2.45) is 0 Å². The molecule has 0 fully saturated rings. The number of methoxy groups -OCH3 is 1. The first-order valence-corrected chi connectivity index (χ1v) is 7.60. The number of fused-ring (bicyclic) bond motifs is 1. The number of imidazole rings is 1. The first kappa shape index (κ1) is 16.5. The molecule has 1 aromatic carbocycles. The van der Waals surface area contributed by atoms with Gasteiger partial charge in [0, 0.05) is 26.7 Å². The molecule has 0 saturated carbocycles. The summed E-state index contributed by atoms with van der Waals surface area (Å²) in [6.45, 7) is 5.15. The summed E-state index contributed by atoms with van der Waals surface area (Å²) in [6, 6.07) is 8.11. The molecule has 2 N–H and O–H groups in total. The van der Waals surface area contributed by atoms with E-state index in [0.29, 0.717) is 26.2 Å². The lowest BCUT2D eigenvalue weighted by molar-refractivity contribution is -0.120. The van der Waals surface area contributed by atoms with Crippen molar-refractivity contribution in [2.45, 2.75) is 19.9 Å². The van der Waals surface area contributed by atoms with Crippen molar-refractivity contribution in [1.29, 1.82) is 0 Å². The maximum Gasteiger partial charge on any atom is 0.233 e. The molecule has 120 valence electrons. The van der Waals surface area contributed by atoms with Crippen LogP contribution in [0.1, 0.15) is 12.2 Å². The van der Waals surface area contributed by atoms with Crippen LogP contribution in [-0.4, -0.2) is 48.8 Å². The number of carbonyl (C=O) groups is 1. The van der Waals surface area contributed by atoms with Crippen LogP contribution in [0.2, 0.25) is 0 Å². The van der Waals surface area contributed by atoms with Crippen molar-refractivity contribution in [3.05, 3.63) is 30.1 Å². The van der Waals surface area contributed by atoms with Crippen LogP contribution in [0.4, 0.5) is 0 Å². The molecule has 0 aliphatic heterocycles. The Morgan fingerprint density at radius 3 is 2.95 bits per heavy atom. The number of nitrogens with one attached hydrogen (secondary N) is 2. The molecule has 1 heterocycles. The van der Waals surface area contributed by atoms with Crippen LogP contribution in [0.3, 0.4) is 0 Å². The predicted molar refractivity (Wildman–Crippen MR) is 86.8 cm³/mol. The second kappa shape index (κ2) is 8.51. The number of hydrogen-bond donors (Lipinski definition) is 2. The summed E-state index contributed by atoms with van der Waals surface area (Å²) < 4.78 is 7.10. The number of para-hydroxylation sites is 2. The molecule has 0 radical (unpaired) electrons. The zero-order valence-electron chi connectivity index (χ0n) is 13.3. The summed E-state index contributed by atoms with van der Waals surface area (Å²) in [6.07, 6.45) is 0.880. The standard InChI is InChI=1S/C16H24N4O2/c1-13-19-14-6-3-4-7-15(14)20(13)10-5-8-18-16(21)12-17-9-11-22-2/h3-4,6-7,17H,5,8-12H2,1-2H3,(H,18,21). The van der Waals surface area contributed by atoms with E-state index < -0.39 is 0 Å². The Hall–Kier alpha value is -1.92. The summed E-state index contributed by atoms with van der Waals surface area (Å²) in [5, 5.41) is 5.94. The highest BCUT2D eigenvalue weighted by atomic mass is 16.5. The number of aryl methyl sites for hydroxylation is 2. The van der Waals surface area contributed by atoms with Gasteiger partial charge in [0.2, 0.25) is 5.91 Å². The van der Waals surface area contributed by atoms with Crippen LogP contribution < -0.4 is 10.6 Å². The van der Waals surface area contributed by atoms with Gasteiger partial charge in [-0.05, 0) is 25.5 Å². The smallest absolute Gasteiger partial charge is 0.233 e. The Bertz CT molecular complexity index is 609. The van der Waals surface area contributed by atoms with Gasteiger partial charge >= 0.3 is 0 Å². The fourth-order valence-corrected chi connectivity index (χ4v) is 2.38. The summed E-state index contributed by atoms with van der Waals surface area (Å²) in [5.74, 6) is 1.03. The predicted octanol–water partition coefficient (Wildman–Crippen LogP) is 1.09. The monoisotopic (exact) mass is 304 g/mol. The molecule has 2 aromatic rings. The maximum atomic E-state index is 11.6. The van der Waals surface area contributed by atoms with Crippen molar-refractivity contribution in [2.75, 3.05) is 33.4 Å². The van der Waals surface area contributed by atoms with Crippen LogP contribution in [0, 0.1) is 6.92 Å². The zero-order chi connectivity index (χ0) is 15.8. The van der Waals surface area contributed by atoms with E-state index in [1.54, 1.807) is 7.11 Å². The van der Waals surface area contributed by atoms with E-state index in [9.17, 15) is 4.79 Å². The molecule has 0 aliphatic carbocycles. The average Bonchev–Trinajstić information content (AvgIpc) is 2.84. The van der Waals surface area contributed by atoms with Crippen molar-refractivity contribution in [3.8, 4) is 0 Å². The topological polar surface area (TPSA) is 68.2 Å². The van der Waals surface area contributed by atoms with Gasteiger partial charge in [0.1, 0.15) is 5.82 Å². The molecule has 6 nitrogen and oxygen atoms in total. The Morgan fingerprint density at radius 2 is 2.14 bits per heavy atom. The number of aromatic nitrogens is 2. The normalized spacial score (nSPS) is 11.0. The lowest BCUT2D eigenvalue weighted by Crippen LogP contribution is -2.35. The van der Waals surface area contributed by atoms with Gasteiger partial charge in [0.15, 0.2) is 0 Å². The summed E-state index contributed by atoms with van der Waals surface area (Å²) >= 11 is 0. The molecule has 0 bridgehead atoms. The van der Waals surface area contributed by atoms with Gasteiger partial charge < -0.3 is 19.9 Å². The number of ether oxygens (including phenoxy) is 1. The maximum absolute atomic E-state index is 11.6. The number of benzene rings is 1. The molecule has 22 heavy (non-hydrogen) atoms. The van der Waals surface area contributed by atoms with Crippen LogP contribution in [-0.2, 0) is 16.1 Å². The Balaban J connectivity index is 1.72. The van der Waals surface area contributed by atoms with Gasteiger partial charge in [-0.15, -0.1) is 0 Å². The molecule has 0 saturated heterocycles. The summed E-state index contributed by atoms with van der Waals surface area (Å²) in [4.78, 5) is 16.2. The molecule has 1 amide bonds. The fourth-order valence-electron chi connectivity index (χ4n) is 2.38. The van der Waals surface area contributed by atoms with Gasteiger partial charge in [-0.3, -0.25) is 4.79 Å². The third-order valence-corrected chi connectivity index (χ3v) is 3.49. The molecule has 0 spiro atoms. The molecule has 2 rings (SSSR count). The summed E-state index contributed by atoms with van der Waals surface area (Å²) in [5.41, 5.74) is 2.17.